The van der Waals surface area contributed by atoms with Crippen molar-refractivity contribution in [1.29, 1.82) is 5.26 Å². The van der Waals surface area contributed by atoms with E-state index in [4.69, 9.17) is 14.8 Å². The minimum absolute atomic E-state index is 0.0565. The van der Waals surface area contributed by atoms with E-state index in [0.29, 0.717) is 21.9 Å². The van der Waals surface area contributed by atoms with Gasteiger partial charge in [0.15, 0.2) is 0 Å². The van der Waals surface area contributed by atoms with Gasteiger partial charge in [-0.15, -0.1) is 11.8 Å². The van der Waals surface area contributed by atoms with Crippen molar-refractivity contribution in [3.05, 3.63) is 47.5 Å². The van der Waals surface area contributed by atoms with E-state index in [-0.39, 0.29) is 5.76 Å². The Balaban J connectivity index is 2.09. The number of nitriles is 1. The molecule has 0 bridgehead atoms. The Hall–Kier alpha value is -2.26. The Kier molecular flexibility index (Phi) is 3.65. The number of carboxylic acids is 1. The lowest BCUT2D eigenvalue weighted by Gasteiger charge is -2.00. The summed E-state index contributed by atoms with van der Waals surface area (Å²) in [7, 11) is 0. The van der Waals surface area contributed by atoms with E-state index >= 15 is 0 Å². The van der Waals surface area contributed by atoms with Gasteiger partial charge in [-0.3, -0.25) is 0 Å². The number of hydrogen-bond donors (Lipinski definition) is 1. The third kappa shape index (κ3) is 2.70. The van der Waals surface area contributed by atoms with Crippen molar-refractivity contribution in [3.63, 3.8) is 0 Å². The summed E-state index contributed by atoms with van der Waals surface area (Å²) >= 11 is 1.35. The number of carboxylic acid groups (broad SMARTS) is 1. The predicted octanol–water partition coefficient (Wildman–Crippen LogP) is 2.54. The molecule has 0 aromatic carbocycles. The average Bonchev–Trinajstić information content (AvgIpc) is 2.85. The smallest absolute Gasteiger partial charge is 0.372 e. The van der Waals surface area contributed by atoms with E-state index in [2.05, 4.69) is 4.98 Å². The normalized spacial score (nSPS) is 9.94. The van der Waals surface area contributed by atoms with Crippen LogP contribution in [-0.2, 0) is 5.75 Å². The van der Waals surface area contributed by atoms with Crippen LogP contribution in [0.5, 0.6) is 0 Å². The number of aromatic carboxylic acids is 1. The maximum atomic E-state index is 10.8. The van der Waals surface area contributed by atoms with Crippen molar-refractivity contribution in [3.8, 4) is 6.07 Å². The van der Waals surface area contributed by atoms with E-state index in [1.54, 1.807) is 24.4 Å². The van der Waals surface area contributed by atoms with E-state index in [9.17, 15) is 4.79 Å². The Morgan fingerprint density at radius 3 is 3.11 bits per heavy atom. The monoisotopic (exact) mass is 260 g/mol. The quantitative estimate of drug-likeness (QED) is 0.850. The van der Waals surface area contributed by atoms with Gasteiger partial charge in [-0.25, -0.2) is 9.78 Å². The summed E-state index contributed by atoms with van der Waals surface area (Å²) in [6.07, 6.45) is 2.90. The molecule has 18 heavy (non-hydrogen) atoms. The molecular formula is C12H8N2O3S. The van der Waals surface area contributed by atoms with Crippen molar-refractivity contribution >= 4 is 17.7 Å². The highest BCUT2D eigenvalue weighted by molar-refractivity contribution is 7.98. The topological polar surface area (TPSA) is 87.1 Å². The second-order valence-electron chi connectivity index (χ2n) is 3.36. The zero-order valence-electron chi connectivity index (χ0n) is 9.16. The van der Waals surface area contributed by atoms with Gasteiger partial charge in [-0.2, -0.15) is 5.26 Å². The van der Waals surface area contributed by atoms with Crippen LogP contribution in [0.3, 0.4) is 0 Å². The molecule has 0 spiro atoms. The fraction of sp³-hybridized carbons (Fsp3) is 0.0833. The van der Waals surface area contributed by atoms with Crippen molar-refractivity contribution in [2.24, 2.45) is 0 Å². The van der Waals surface area contributed by atoms with Crippen LogP contribution in [0.1, 0.15) is 21.7 Å². The Bertz CT molecular complexity index is 616. The second kappa shape index (κ2) is 5.38. The molecule has 2 rings (SSSR count). The van der Waals surface area contributed by atoms with Gasteiger partial charge in [0.25, 0.3) is 0 Å². The van der Waals surface area contributed by atoms with Crippen molar-refractivity contribution in [2.75, 3.05) is 0 Å². The molecule has 6 heteroatoms. The molecule has 0 aliphatic rings. The Labute approximate surface area is 107 Å². The van der Waals surface area contributed by atoms with Crippen molar-refractivity contribution in [1.82, 2.24) is 4.98 Å². The third-order valence-electron chi connectivity index (χ3n) is 2.18. The summed E-state index contributed by atoms with van der Waals surface area (Å²) in [6, 6.07) is 6.91. The molecule has 0 saturated carbocycles. The predicted molar refractivity (Wildman–Crippen MR) is 64.2 cm³/mol. The van der Waals surface area contributed by atoms with Crippen LogP contribution in [0.4, 0.5) is 0 Å². The minimum Gasteiger partial charge on any atom is -0.475 e. The number of rotatable bonds is 4. The molecule has 0 aliphatic heterocycles. The SMILES string of the molecule is N#Cc1ccnc(SCc2ccoc2C(=O)O)c1. The van der Waals surface area contributed by atoms with Gasteiger partial charge < -0.3 is 9.52 Å². The van der Waals surface area contributed by atoms with Gasteiger partial charge in [0.1, 0.15) is 0 Å². The largest absolute Gasteiger partial charge is 0.475 e. The minimum atomic E-state index is -1.09. The first-order chi connectivity index (χ1) is 8.70. The highest BCUT2D eigenvalue weighted by atomic mass is 32.2. The first-order valence-corrected chi connectivity index (χ1v) is 5.98. The molecule has 90 valence electrons. The molecule has 2 aromatic heterocycles. The first kappa shape index (κ1) is 12.2. The van der Waals surface area contributed by atoms with Gasteiger partial charge in [-0.05, 0) is 18.2 Å². The molecule has 2 heterocycles. The van der Waals surface area contributed by atoms with Crippen LogP contribution in [0, 0.1) is 11.3 Å². The number of carbonyl (C=O) groups is 1. The lowest BCUT2D eigenvalue weighted by molar-refractivity contribution is 0.0661. The van der Waals surface area contributed by atoms with Crippen LogP contribution < -0.4 is 0 Å². The van der Waals surface area contributed by atoms with E-state index in [0.717, 1.165) is 0 Å². The Morgan fingerprint density at radius 1 is 1.56 bits per heavy atom. The van der Waals surface area contributed by atoms with Crippen LogP contribution in [0.2, 0.25) is 0 Å². The first-order valence-electron chi connectivity index (χ1n) is 4.99. The summed E-state index contributed by atoms with van der Waals surface area (Å²) in [5, 5.41) is 18.3. The van der Waals surface area contributed by atoms with Gasteiger partial charge in [-0.1, -0.05) is 0 Å². The molecule has 0 saturated heterocycles. The van der Waals surface area contributed by atoms with Gasteiger partial charge in [0.05, 0.1) is 22.9 Å². The molecule has 0 aliphatic carbocycles. The fourth-order valence-electron chi connectivity index (χ4n) is 1.35. The number of furan rings is 1. The lowest BCUT2D eigenvalue weighted by atomic mass is 10.3. The maximum absolute atomic E-state index is 10.8. The van der Waals surface area contributed by atoms with E-state index in [1.165, 1.54) is 18.0 Å². The van der Waals surface area contributed by atoms with Crippen molar-refractivity contribution < 1.29 is 14.3 Å². The van der Waals surface area contributed by atoms with Gasteiger partial charge in [0, 0.05) is 17.5 Å². The number of thioether (sulfide) groups is 1. The molecular weight excluding hydrogens is 252 g/mol. The summed E-state index contributed by atoms with van der Waals surface area (Å²) < 4.78 is 4.87. The highest BCUT2D eigenvalue weighted by Gasteiger charge is 2.14. The fourth-order valence-corrected chi connectivity index (χ4v) is 2.22. The van der Waals surface area contributed by atoms with Crippen molar-refractivity contribution in [2.45, 2.75) is 10.8 Å². The average molecular weight is 260 g/mol. The van der Waals surface area contributed by atoms with Gasteiger partial charge in [0.2, 0.25) is 5.76 Å². The Morgan fingerprint density at radius 2 is 2.39 bits per heavy atom. The zero-order chi connectivity index (χ0) is 13.0. The molecule has 0 unspecified atom stereocenters. The number of pyridine rings is 1. The summed E-state index contributed by atoms with van der Waals surface area (Å²) in [6.45, 7) is 0. The molecule has 0 atom stereocenters. The number of hydrogen-bond acceptors (Lipinski definition) is 5. The lowest BCUT2D eigenvalue weighted by Crippen LogP contribution is -1.97. The second-order valence-corrected chi connectivity index (χ2v) is 4.36. The standard InChI is InChI=1S/C12H8N2O3S/c13-6-8-1-3-14-10(5-8)18-7-9-2-4-17-11(9)12(15)16/h1-5H,7H2,(H,15,16). The van der Waals surface area contributed by atoms with Crippen LogP contribution >= 0.6 is 11.8 Å². The zero-order valence-corrected chi connectivity index (χ0v) is 9.98. The molecule has 0 radical (unpaired) electrons. The number of nitrogens with zero attached hydrogens (tertiary/aromatic N) is 2. The maximum Gasteiger partial charge on any atom is 0.372 e. The molecule has 2 aromatic rings. The van der Waals surface area contributed by atoms with Gasteiger partial charge >= 0.3 is 5.97 Å². The van der Waals surface area contributed by atoms with Crippen LogP contribution in [0.25, 0.3) is 0 Å². The van der Waals surface area contributed by atoms with E-state index in [1.807, 2.05) is 6.07 Å². The third-order valence-corrected chi connectivity index (χ3v) is 3.15. The molecule has 5 nitrogen and oxygen atoms in total. The van der Waals surface area contributed by atoms with Crippen LogP contribution in [0.15, 0.2) is 40.1 Å². The van der Waals surface area contributed by atoms with Crippen LogP contribution in [-0.4, -0.2) is 16.1 Å². The molecule has 1 N–H and O–H groups in total. The summed E-state index contributed by atoms with van der Waals surface area (Å²) in [5.74, 6) is -0.715. The number of aromatic nitrogens is 1. The molecule has 0 fully saturated rings. The summed E-state index contributed by atoms with van der Waals surface area (Å²) in [4.78, 5) is 14.9. The summed E-state index contributed by atoms with van der Waals surface area (Å²) in [5.41, 5.74) is 1.12. The van der Waals surface area contributed by atoms with E-state index < -0.39 is 5.97 Å². The molecule has 0 amide bonds. The highest BCUT2D eigenvalue weighted by Crippen LogP contribution is 2.24.